The Morgan fingerprint density at radius 1 is 0.714 bits per heavy atom. The summed E-state index contributed by atoms with van der Waals surface area (Å²) in [6, 6.07) is 20.9. The Hall–Kier alpha value is -4.92. The number of ether oxygens (including phenoxy) is 2. The van der Waals surface area contributed by atoms with Crippen LogP contribution in [0.5, 0.6) is 0 Å². The second-order valence-electron chi connectivity index (χ2n) is 14.2. The van der Waals surface area contributed by atoms with Gasteiger partial charge in [-0.25, -0.2) is 9.59 Å². The molecule has 3 unspecified atom stereocenters. The summed E-state index contributed by atoms with van der Waals surface area (Å²) in [6.07, 6.45) is 1.09. The van der Waals surface area contributed by atoms with Gasteiger partial charge in [0.25, 0.3) is 0 Å². The van der Waals surface area contributed by atoms with Crippen molar-refractivity contribution in [3.8, 4) is 0 Å². The molecule has 3 atom stereocenters. The van der Waals surface area contributed by atoms with Crippen molar-refractivity contribution in [1.82, 2.24) is 15.5 Å². The van der Waals surface area contributed by atoms with Gasteiger partial charge in [0.1, 0.15) is 29.3 Å². The zero-order valence-corrected chi connectivity index (χ0v) is 30.0. The SMILES string of the molecule is C=CCN(C(=O)C(Cc1ccccc1)NC(=O)OC(C)(C)C)C(C(=O)NC(Cc1ccccc1)C(=O)OC(C)(C)C)c1c(C)cccc1C. The summed E-state index contributed by atoms with van der Waals surface area (Å²) in [5.41, 5.74) is 2.18. The highest BCUT2D eigenvalue weighted by Gasteiger charge is 2.39. The number of hydrogen-bond donors (Lipinski definition) is 2. The Morgan fingerprint density at radius 3 is 1.67 bits per heavy atom. The van der Waals surface area contributed by atoms with Gasteiger partial charge in [-0.1, -0.05) is 84.9 Å². The Kier molecular flexibility index (Phi) is 13.3. The lowest BCUT2D eigenvalue weighted by Crippen LogP contribution is -2.55. The second-order valence-corrected chi connectivity index (χ2v) is 14.2. The molecule has 3 aromatic carbocycles. The van der Waals surface area contributed by atoms with Gasteiger partial charge in [-0.05, 0) is 83.2 Å². The van der Waals surface area contributed by atoms with Gasteiger partial charge in [0, 0.05) is 19.4 Å². The molecule has 0 aliphatic heterocycles. The number of nitrogens with one attached hydrogen (secondary N) is 2. The molecule has 0 aromatic heterocycles. The number of alkyl carbamates (subject to hydrolysis) is 1. The summed E-state index contributed by atoms with van der Waals surface area (Å²) in [4.78, 5) is 57.4. The summed E-state index contributed by atoms with van der Waals surface area (Å²) >= 11 is 0. The third-order valence-corrected chi connectivity index (χ3v) is 7.55. The molecule has 262 valence electrons. The van der Waals surface area contributed by atoms with Crippen LogP contribution in [0.25, 0.3) is 0 Å². The Labute approximate surface area is 291 Å². The molecule has 2 N–H and O–H groups in total. The van der Waals surface area contributed by atoms with Crippen LogP contribution in [0.3, 0.4) is 0 Å². The van der Waals surface area contributed by atoms with E-state index in [2.05, 4.69) is 17.2 Å². The van der Waals surface area contributed by atoms with Crippen LogP contribution < -0.4 is 10.6 Å². The van der Waals surface area contributed by atoms with Crippen molar-refractivity contribution >= 4 is 23.9 Å². The van der Waals surface area contributed by atoms with Crippen LogP contribution in [0.15, 0.2) is 91.5 Å². The van der Waals surface area contributed by atoms with E-state index in [1.165, 1.54) is 11.0 Å². The van der Waals surface area contributed by atoms with Crippen molar-refractivity contribution in [2.24, 2.45) is 0 Å². The lowest BCUT2D eigenvalue weighted by atomic mass is 9.92. The van der Waals surface area contributed by atoms with Crippen LogP contribution in [0, 0.1) is 13.8 Å². The molecule has 0 saturated heterocycles. The summed E-state index contributed by atoms with van der Waals surface area (Å²) in [6.45, 7) is 18.1. The van der Waals surface area contributed by atoms with Crippen molar-refractivity contribution in [3.63, 3.8) is 0 Å². The molecular formula is C40H51N3O6. The zero-order valence-electron chi connectivity index (χ0n) is 30.0. The van der Waals surface area contributed by atoms with Gasteiger partial charge in [-0.2, -0.15) is 0 Å². The average Bonchev–Trinajstić information content (AvgIpc) is 3.00. The molecule has 0 fully saturated rings. The zero-order chi connectivity index (χ0) is 36.4. The molecule has 0 bridgehead atoms. The molecular weight excluding hydrogens is 618 g/mol. The van der Waals surface area contributed by atoms with Crippen LogP contribution in [0.4, 0.5) is 4.79 Å². The van der Waals surface area contributed by atoms with Gasteiger partial charge < -0.3 is 25.0 Å². The number of carbonyl (C=O) groups is 4. The fourth-order valence-electron chi connectivity index (χ4n) is 5.52. The molecule has 3 aromatic rings. The fraction of sp³-hybridized carbons (Fsp3) is 0.400. The minimum atomic E-state index is -1.19. The van der Waals surface area contributed by atoms with E-state index < -0.39 is 53.2 Å². The van der Waals surface area contributed by atoms with E-state index in [-0.39, 0.29) is 19.4 Å². The van der Waals surface area contributed by atoms with Crippen molar-refractivity contribution in [1.29, 1.82) is 0 Å². The predicted molar refractivity (Wildman–Crippen MR) is 192 cm³/mol. The monoisotopic (exact) mass is 669 g/mol. The molecule has 0 aliphatic carbocycles. The molecule has 0 heterocycles. The molecule has 49 heavy (non-hydrogen) atoms. The molecule has 3 rings (SSSR count). The lowest BCUT2D eigenvalue weighted by Gasteiger charge is -2.36. The molecule has 0 radical (unpaired) electrons. The Balaban J connectivity index is 2.13. The van der Waals surface area contributed by atoms with E-state index in [9.17, 15) is 19.2 Å². The quantitative estimate of drug-likeness (QED) is 0.157. The van der Waals surface area contributed by atoms with Crippen LogP contribution >= 0.6 is 0 Å². The highest BCUT2D eigenvalue weighted by atomic mass is 16.6. The summed E-state index contributed by atoms with van der Waals surface area (Å²) in [5, 5.41) is 5.70. The Bertz CT molecular complexity index is 1570. The van der Waals surface area contributed by atoms with Crippen LogP contribution in [-0.4, -0.2) is 58.6 Å². The first kappa shape index (κ1) is 38.5. The molecule has 9 heteroatoms. The first-order chi connectivity index (χ1) is 23.0. The first-order valence-corrected chi connectivity index (χ1v) is 16.6. The van der Waals surface area contributed by atoms with Gasteiger partial charge in [0.05, 0.1) is 0 Å². The van der Waals surface area contributed by atoms with Crippen LogP contribution in [-0.2, 0) is 36.7 Å². The van der Waals surface area contributed by atoms with Crippen molar-refractivity contribution in [3.05, 3.63) is 119 Å². The molecule has 9 nitrogen and oxygen atoms in total. The van der Waals surface area contributed by atoms with Crippen LogP contribution in [0.1, 0.15) is 75.4 Å². The maximum atomic E-state index is 14.7. The number of esters is 1. The number of carbonyl (C=O) groups excluding carboxylic acids is 4. The number of aryl methyl sites for hydroxylation is 2. The Morgan fingerprint density at radius 2 is 1.20 bits per heavy atom. The smallest absolute Gasteiger partial charge is 0.408 e. The molecule has 0 saturated carbocycles. The minimum absolute atomic E-state index is 0.0260. The van der Waals surface area contributed by atoms with E-state index in [4.69, 9.17) is 9.47 Å². The summed E-state index contributed by atoms with van der Waals surface area (Å²) in [7, 11) is 0. The first-order valence-electron chi connectivity index (χ1n) is 16.6. The van der Waals surface area contributed by atoms with Crippen LogP contribution in [0.2, 0.25) is 0 Å². The number of amides is 3. The molecule has 3 amide bonds. The van der Waals surface area contributed by atoms with Crippen molar-refractivity contribution in [2.45, 2.75) is 97.6 Å². The highest BCUT2D eigenvalue weighted by Crippen LogP contribution is 2.29. The van der Waals surface area contributed by atoms with Crippen molar-refractivity contribution in [2.75, 3.05) is 6.54 Å². The third kappa shape index (κ3) is 11.9. The minimum Gasteiger partial charge on any atom is -0.458 e. The second kappa shape index (κ2) is 17.0. The number of hydrogen-bond acceptors (Lipinski definition) is 6. The molecule has 0 spiro atoms. The fourth-order valence-corrected chi connectivity index (χ4v) is 5.52. The van der Waals surface area contributed by atoms with Gasteiger partial charge >= 0.3 is 12.1 Å². The van der Waals surface area contributed by atoms with E-state index in [1.54, 1.807) is 41.5 Å². The number of rotatable bonds is 13. The maximum Gasteiger partial charge on any atom is 0.408 e. The topological polar surface area (TPSA) is 114 Å². The van der Waals surface area contributed by atoms with E-state index in [1.807, 2.05) is 92.7 Å². The predicted octanol–water partition coefficient (Wildman–Crippen LogP) is 6.56. The van der Waals surface area contributed by atoms with Gasteiger partial charge in [-0.15, -0.1) is 6.58 Å². The van der Waals surface area contributed by atoms with Gasteiger partial charge in [0.2, 0.25) is 11.8 Å². The summed E-state index contributed by atoms with van der Waals surface area (Å²) in [5.74, 6) is -1.69. The largest absolute Gasteiger partial charge is 0.458 e. The standard InChI is InChI=1S/C40H51N3O6/c1-10-24-43(36(45)31(25-29-20-13-11-14-21-29)42-38(47)49-40(7,8)9)34(33-27(2)18-17-19-28(33)3)35(44)41-32(37(46)48-39(4,5)6)26-30-22-15-12-16-23-30/h10-23,31-32,34H,1,24-26H2,2-9H3,(H,41,44)(H,42,47). The van der Waals surface area contributed by atoms with E-state index in [0.29, 0.717) is 5.56 Å². The van der Waals surface area contributed by atoms with Gasteiger partial charge in [-0.3, -0.25) is 9.59 Å². The highest BCUT2D eigenvalue weighted by molar-refractivity contribution is 5.94. The van der Waals surface area contributed by atoms with E-state index in [0.717, 1.165) is 22.3 Å². The maximum absolute atomic E-state index is 14.7. The number of benzene rings is 3. The third-order valence-electron chi connectivity index (χ3n) is 7.55. The lowest BCUT2D eigenvalue weighted by molar-refractivity contribution is -0.159. The number of nitrogens with zero attached hydrogens (tertiary/aromatic N) is 1. The molecule has 0 aliphatic rings. The van der Waals surface area contributed by atoms with E-state index >= 15 is 0 Å². The van der Waals surface area contributed by atoms with Gasteiger partial charge in [0.15, 0.2) is 0 Å². The summed E-state index contributed by atoms with van der Waals surface area (Å²) < 4.78 is 11.3. The van der Waals surface area contributed by atoms with Crippen molar-refractivity contribution < 1.29 is 28.7 Å². The average molecular weight is 670 g/mol. The normalized spacial score (nSPS) is 13.3.